The van der Waals surface area contributed by atoms with Gasteiger partial charge in [0, 0.05) is 24.5 Å². The van der Waals surface area contributed by atoms with Crippen LogP contribution >= 0.6 is 11.6 Å². The zero-order valence-electron chi connectivity index (χ0n) is 31.3. The van der Waals surface area contributed by atoms with Crippen LogP contribution < -0.4 is 5.32 Å². The summed E-state index contributed by atoms with van der Waals surface area (Å²) >= 11 is 6.68. The summed E-state index contributed by atoms with van der Waals surface area (Å²) in [7, 11) is 0. The molecule has 278 valence electrons. The van der Waals surface area contributed by atoms with Gasteiger partial charge in [-0.1, -0.05) is 103 Å². The molecule has 2 atom stereocenters. The van der Waals surface area contributed by atoms with Crippen molar-refractivity contribution in [3.63, 3.8) is 0 Å². The molecule has 0 aliphatic heterocycles. The highest BCUT2D eigenvalue weighted by Crippen LogP contribution is 2.48. The zero-order valence-corrected chi connectivity index (χ0v) is 32.0. The third kappa shape index (κ3) is 5.87. The fourth-order valence-corrected chi connectivity index (χ4v) is 9.55. The lowest BCUT2D eigenvalue weighted by molar-refractivity contribution is -0.154. The van der Waals surface area contributed by atoms with Crippen LogP contribution in [0.5, 0.6) is 0 Å². The van der Waals surface area contributed by atoms with Crippen LogP contribution in [0.15, 0.2) is 116 Å². The summed E-state index contributed by atoms with van der Waals surface area (Å²) in [5.74, 6) is 1.47. The maximum absolute atomic E-state index is 13.5. The number of halogens is 1. The van der Waals surface area contributed by atoms with E-state index in [2.05, 4.69) is 120 Å². The van der Waals surface area contributed by atoms with E-state index in [1.54, 1.807) is 6.20 Å². The second-order valence-corrected chi connectivity index (χ2v) is 15.5. The average Bonchev–Trinajstić information content (AvgIpc) is 3.82. The first-order chi connectivity index (χ1) is 26.9. The predicted molar refractivity (Wildman–Crippen MR) is 217 cm³/mol. The van der Waals surface area contributed by atoms with Crippen LogP contribution in [0, 0.1) is 17.8 Å². The summed E-state index contributed by atoms with van der Waals surface area (Å²) in [6.07, 6.45) is 10.0. The summed E-state index contributed by atoms with van der Waals surface area (Å²) < 4.78 is 10.1. The molecule has 7 aromatic rings. The molecule has 0 amide bonds. The Morgan fingerprint density at radius 3 is 2.02 bits per heavy atom. The fraction of sp³-hybridized carbons (Fsp3) is 0.311. The number of carbonyl (C=O) groups excluding carboxylic acids is 1. The van der Waals surface area contributed by atoms with Gasteiger partial charge in [-0.3, -0.25) is 4.79 Å². The molecule has 3 fully saturated rings. The van der Waals surface area contributed by atoms with Gasteiger partial charge in [0.05, 0.1) is 29.7 Å². The standard InChI is InChI=1S/C45H44ClN7O2/c1-4-55-44(54)37-29-20-22-30(23-21-29)38(37)49-40-34-24-25-52(28(2)3)42(34)51-41(50-40)35-27-53(43-39(35)48-36(46)26-47-43)45(31-14-8-5-9-15-31,32-16-10-6-11-17-32)33-18-12-7-13-19-33/h5-19,24-30,37-38H,4,20-23H2,1-3H3,(H,49,50,51)/t29?,30?,37-,38-/m1/s1. The van der Waals surface area contributed by atoms with E-state index in [0.29, 0.717) is 40.9 Å². The second-order valence-electron chi connectivity index (χ2n) is 15.2. The topological polar surface area (TPSA) is 99.8 Å². The highest BCUT2D eigenvalue weighted by molar-refractivity contribution is 6.29. The van der Waals surface area contributed by atoms with Crippen molar-refractivity contribution in [3.8, 4) is 11.4 Å². The number of aromatic nitrogens is 6. The van der Waals surface area contributed by atoms with Crippen LogP contribution in [-0.4, -0.2) is 47.7 Å². The quantitative estimate of drug-likeness (QED) is 0.110. The molecule has 0 saturated heterocycles. The van der Waals surface area contributed by atoms with Crippen molar-refractivity contribution in [2.75, 3.05) is 11.9 Å². The molecule has 3 saturated carbocycles. The van der Waals surface area contributed by atoms with Gasteiger partial charge in [-0.15, -0.1) is 0 Å². The van der Waals surface area contributed by atoms with Gasteiger partial charge in [0.1, 0.15) is 27.7 Å². The summed E-state index contributed by atoms with van der Waals surface area (Å²) in [5, 5.41) is 5.03. The summed E-state index contributed by atoms with van der Waals surface area (Å²) in [6.45, 7) is 6.54. The van der Waals surface area contributed by atoms with Crippen molar-refractivity contribution in [2.45, 2.75) is 64.1 Å². The van der Waals surface area contributed by atoms with E-state index in [4.69, 9.17) is 36.3 Å². The Morgan fingerprint density at radius 1 is 0.836 bits per heavy atom. The third-order valence-electron chi connectivity index (χ3n) is 11.9. The van der Waals surface area contributed by atoms with Crippen LogP contribution in [0.25, 0.3) is 33.6 Å². The molecule has 3 aliphatic rings. The van der Waals surface area contributed by atoms with Crippen molar-refractivity contribution < 1.29 is 9.53 Å². The smallest absolute Gasteiger partial charge is 0.311 e. The molecule has 3 aromatic carbocycles. The molecule has 4 heterocycles. The Labute approximate surface area is 325 Å². The Balaban J connectivity index is 1.30. The minimum atomic E-state index is -0.861. The number of fused-ring (bicyclic) bond motifs is 5. The van der Waals surface area contributed by atoms with E-state index in [1.165, 1.54) is 0 Å². The van der Waals surface area contributed by atoms with E-state index >= 15 is 0 Å². The third-order valence-corrected chi connectivity index (χ3v) is 12.0. The molecule has 0 unspecified atom stereocenters. The molecule has 10 rings (SSSR count). The van der Waals surface area contributed by atoms with Crippen LogP contribution in [-0.2, 0) is 15.1 Å². The number of ether oxygens (including phenoxy) is 1. The second kappa shape index (κ2) is 14.3. The van der Waals surface area contributed by atoms with Gasteiger partial charge in [-0.25, -0.2) is 19.9 Å². The minimum absolute atomic E-state index is 0.0997. The van der Waals surface area contributed by atoms with E-state index in [9.17, 15) is 4.79 Å². The first-order valence-electron chi connectivity index (χ1n) is 19.4. The Kier molecular flexibility index (Phi) is 9.13. The number of carbonyl (C=O) groups is 1. The lowest BCUT2D eigenvalue weighted by atomic mass is 9.61. The monoisotopic (exact) mass is 749 g/mol. The predicted octanol–water partition coefficient (Wildman–Crippen LogP) is 9.70. The van der Waals surface area contributed by atoms with Gasteiger partial charge in [-0.2, -0.15) is 0 Å². The number of hydrogen-bond acceptors (Lipinski definition) is 7. The highest BCUT2D eigenvalue weighted by Gasteiger charge is 2.48. The van der Waals surface area contributed by atoms with Gasteiger partial charge in [0.2, 0.25) is 0 Å². The van der Waals surface area contributed by atoms with Crippen molar-refractivity contribution in [1.82, 2.24) is 29.1 Å². The molecule has 10 heteroatoms. The van der Waals surface area contributed by atoms with Crippen LogP contribution in [0.1, 0.15) is 69.2 Å². The first-order valence-corrected chi connectivity index (χ1v) is 19.8. The Hall–Kier alpha value is -5.54. The molecule has 0 radical (unpaired) electrons. The molecule has 1 N–H and O–H groups in total. The van der Waals surface area contributed by atoms with Crippen molar-refractivity contribution >= 4 is 45.6 Å². The van der Waals surface area contributed by atoms with E-state index in [-0.39, 0.29) is 35.0 Å². The van der Waals surface area contributed by atoms with Gasteiger partial charge in [0.25, 0.3) is 0 Å². The molecule has 0 spiro atoms. The lowest BCUT2D eigenvalue weighted by Crippen LogP contribution is -2.52. The van der Waals surface area contributed by atoms with Gasteiger partial charge in [-0.05, 0) is 81.0 Å². The average molecular weight is 750 g/mol. The molecule has 9 nitrogen and oxygen atoms in total. The molecule has 2 bridgehead atoms. The minimum Gasteiger partial charge on any atom is -0.466 e. The number of nitrogens with zero attached hydrogens (tertiary/aromatic N) is 6. The van der Waals surface area contributed by atoms with Crippen LogP contribution in [0.3, 0.4) is 0 Å². The number of hydrogen-bond donors (Lipinski definition) is 1. The molecule has 55 heavy (non-hydrogen) atoms. The zero-order chi connectivity index (χ0) is 37.7. The molecule has 4 aromatic heterocycles. The van der Waals surface area contributed by atoms with Crippen molar-refractivity contribution in [1.29, 1.82) is 0 Å². The van der Waals surface area contributed by atoms with Gasteiger partial charge in [0.15, 0.2) is 11.5 Å². The summed E-state index contributed by atoms with van der Waals surface area (Å²) in [5.41, 5.74) is 5.03. The van der Waals surface area contributed by atoms with Crippen LogP contribution in [0.4, 0.5) is 5.82 Å². The summed E-state index contributed by atoms with van der Waals surface area (Å²) in [6, 6.07) is 33.6. The van der Waals surface area contributed by atoms with Crippen molar-refractivity contribution in [3.05, 3.63) is 137 Å². The van der Waals surface area contributed by atoms with Gasteiger partial charge >= 0.3 is 5.97 Å². The lowest BCUT2D eigenvalue weighted by Gasteiger charge is -2.47. The molecular weight excluding hydrogens is 706 g/mol. The number of anilines is 1. The molecular formula is C45H44ClN7O2. The van der Waals surface area contributed by atoms with E-state index in [0.717, 1.165) is 53.4 Å². The number of rotatable bonds is 10. The molecule has 3 aliphatic carbocycles. The number of benzene rings is 3. The highest BCUT2D eigenvalue weighted by atomic mass is 35.5. The van der Waals surface area contributed by atoms with E-state index < -0.39 is 5.54 Å². The Bertz CT molecular complexity index is 2380. The maximum atomic E-state index is 13.5. The summed E-state index contributed by atoms with van der Waals surface area (Å²) in [4.78, 5) is 34.1. The Morgan fingerprint density at radius 2 is 1.44 bits per heavy atom. The first kappa shape index (κ1) is 35.2. The van der Waals surface area contributed by atoms with Gasteiger partial charge < -0.3 is 19.2 Å². The fourth-order valence-electron chi connectivity index (χ4n) is 9.42. The van der Waals surface area contributed by atoms with Crippen LogP contribution in [0.2, 0.25) is 5.15 Å². The number of nitrogens with one attached hydrogen (secondary N) is 1. The largest absolute Gasteiger partial charge is 0.466 e. The maximum Gasteiger partial charge on any atom is 0.311 e. The normalized spacial score (nSPS) is 19.7. The number of esters is 1. The van der Waals surface area contributed by atoms with Crippen molar-refractivity contribution in [2.24, 2.45) is 17.8 Å². The van der Waals surface area contributed by atoms with E-state index in [1.807, 2.05) is 25.1 Å². The SMILES string of the molecule is CCOC(=O)[C@@H]1C2CCC(CC2)[C@H]1Nc1nc(-c2cn(C(c3ccccc3)(c3ccccc3)c3ccccc3)c3ncc(Cl)nc23)nc2c1ccn2C(C)C.